The molecule has 1 saturated carbocycles. The fourth-order valence-electron chi connectivity index (χ4n) is 1.49. The highest BCUT2D eigenvalue weighted by atomic mass is 19.4. The average Bonchev–Trinajstić information content (AvgIpc) is 2.95. The van der Waals surface area contributed by atoms with E-state index in [1.807, 2.05) is 0 Å². The van der Waals surface area contributed by atoms with Gasteiger partial charge in [-0.05, 0) is 12.8 Å². The van der Waals surface area contributed by atoms with Crippen molar-refractivity contribution in [3.05, 3.63) is 18.2 Å². The van der Waals surface area contributed by atoms with Crippen LogP contribution in [0.5, 0.6) is 0 Å². The van der Waals surface area contributed by atoms with Gasteiger partial charge >= 0.3 is 6.36 Å². The van der Waals surface area contributed by atoms with Gasteiger partial charge in [0.05, 0.1) is 13.2 Å². The number of hydrogen-bond donors (Lipinski definition) is 1. The van der Waals surface area contributed by atoms with Gasteiger partial charge in [-0.2, -0.15) is 0 Å². The molecule has 17 heavy (non-hydrogen) atoms. The van der Waals surface area contributed by atoms with E-state index in [0.29, 0.717) is 12.6 Å². The van der Waals surface area contributed by atoms with Gasteiger partial charge in [0.15, 0.2) is 0 Å². The molecule has 0 amide bonds. The van der Waals surface area contributed by atoms with E-state index >= 15 is 0 Å². The molecule has 1 aliphatic carbocycles. The third-order valence-electron chi connectivity index (χ3n) is 2.53. The minimum Gasteiger partial charge on any atom is -0.332 e. The third-order valence-corrected chi connectivity index (χ3v) is 2.53. The summed E-state index contributed by atoms with van der Waals surface area (Å²) >= 11 is 0. The van der Waals surface area contributed by atoms with Gasteiger partial charge in [-0.15, -0.1) is 13.2 Å². The van der Waals surface area contributed by atoms with Gasteiger partial charge in [-0.1, -0.05) is 0 Å². The van der Waals surface area contributed by atoms with Crippen molar-refractivity contribution in [3.8, 4) is 0 Å². The molecule has 0 unspecified atom stereocenters. The first-order valence-electron chi connectivity index (χ1n) is 5.49. The molecule has 0 radical (unpaired) electrons. The summed E-state index contributed by atoms with van der Waals surface area (Å²) in [6.07, 6.45) is 1.00. The highest BCUT2D eigenvalue weighted by molar-refractivity contribution is 4.94. The van der Waals surface area contributed by atoms with Crippen LogP contribution in [0.25, 0.3) is 0 Å². The van der Waals surface area contributed by atoms with Crippen LogP contribution >= 0.6 is 0 Å². The Morgan fingerprint density at radius 3 is 2.88 bits per heavy atom. The summed E-state index contributed by atoms with van der Waals surface area (Å²) < 4.78 is 40.8. The van der Waals surface area contributed by atoms with Crippen LogP contribution in [0.4, 0.5) is 13.2 Å². The van der Waals surface area contributed by atoms with Crippen molar-refractivity contribution < 1.29 is 17.9 Å². The minimum atomic E-state index is -4.56. The minimum absolute atomic E-state index is 0.154. The van der Waals surface area contributed by atoms with Gasteiger partial charge in [0, 0.05) is 25.0 Å². The zero-order valence-corrected chi connectivity index (χ0v) is 9.20. The number of nitrogens with one attached hydrogen (secondary N) is 1. The van der Waals surface area contributed by atoms with Crippen molar-refractivity contribution in [3.63, 3.8) is 0 Å². The predicted octanol–water partition coefficient (Wildman–Crippen LogP) is 1.67. The molecule has 1 fully saturated rings. The maximum Gasteiger partial charge on any atom is 0.522 e. The monoisotopic (exact) mass is 249 g/mol. The lowest BCUT2D eigenvalue weighted by atomic mass is 10.5. The number of halogens is 3. The van der Waals surface area contributed by atoms with Gasteiger partial charge in [-0.3, -0.25) is 4.74 Å². The second kappa shape index (κ2) is 5.05. The second-order valence-electron chi connectivity index (χ2n) is 3.99. The number of alkyl halides is 3. The van der Waals surface area contributed by atoms with Crippen LogP contribution in [0.3, 0.4) is 0 Å². The molecule has 1 aromatic rings. The first kappa shape index (κ1) is 12.4. The Kier molecular flexibility index (Phi) is 3.68. The van der Waals surface area contributed by atoms with Gasteiger partial charge < -0.3 is 9.88 Å². The van der Waals surface area contributed by atoms with Crippen molar-refractivity contribution in [2.75, 3.05) is 6.61 Å². The first-order chi connectivity index (χ1) is 8.04. The lowest BCUT2D eigenvalue weighted by molar-refractivity contribution is -0.325. The number of imidazole rings is 1. The van der Waals surface area contributed by atoms with E-state index in [4.69, 9.17) is 0 Å². The van der Waals surface area contributed by atoms with Crippen molar-refractivity contribution in [2.24, 2.45) is 0 Å². The van der Waals surface area contributed by atoms with Crippen LogP contribution in [-0.2, 0) is 17.8 Å². The molecule has 0 saturated heterocycles. The van der Waals surface area contributed by atoms with Gasteiger partial charge in [0.2, 0.25) is 0 Å². The third kappa shape index (κ3) is 4.35. The molecular formula is C10H14F3N3O. The Morgan fingerprint density at radius 2 is 2.24 bits per heavy atom. The predicted molar refractivity (Wildman–Crippen MR) is 54.1 cm³/mol. The summed E-state index contributed by atoms with van der Waals surface area (Å²) in [4.78, 5) is 4.09. The number of hydrogen-bond acceptors (Lipinski definition) is 3. The van der Waals surface area contributed by atoms with Crippen LogP contribution in [0.1, 0.15) is 18.7 Å². The van der Waals surface area contributed by atoms with Crippen LogP contribution in [0.2, 0.25) is 0 Å². The number of ether oxygens (including phenoxy) is 1. The summed E-state index contributed by atoms with van der Waals surface area (Å²) in [5.74, 6) is 0.739. The molecule has 0 aliphatic heterocycles. The molecule has 0 aromatic carbocycles. The second-order valence-corrected chi connectivity index (χ2v) is 3.99. The topological polar surface area (TPSA) is 39.1 Å². The molecule has 4 nitrogen and oxygen atoms in total. The maximum atomic E-state index is 11.8. The number of aromatic nitrogens is 2. The van der Waals surface area contributed by atoms with E-state index < -0.39 is 13.0 Å². The van der Waals surface area contributed by atoms with E-state index in [0.717, 1.165) is 18.7 Å². The largest absolute Gasteiger partial charge is 0.522 e. The molecule has 7 heteroatoms. The zero-order chi connectivity index (χ0) is 12.3. The zero-order valence-electron chi connectivity index (χ0n) is 9.20. The standard InChI is InChI=1S/C10H14F3N3O/c11-10(12,13)17-6-5-16-4-3-14-9(16)7-15-8-1-2-8/h3-4,8,15H,1-2,5-7H2. The molecule has 0 spiro atoms. The molecule has 1 aliphatic rings. The van der Waals surface area contributed by atoms with E-state index in [9.17, 15) is 13.2 Å². The molecule has 96 valence electrons. The first-order valence-corrected chi connectivity index (χ1v) is 5.49. The molecule has 2 rings (SSSR count). The molecule has 1 N–H and O–H groups in total. The SMILES string of the molecule is FC(F)(F)OCCn1ccnc1CNC1CC1. The smallest absolute Gasteiger partial charge is 0.332 e. The molecule has 1 aromatic heterocycles. The lowest BCUT2D eigenvalue weighted by Crippen LogP contribution is -2.21. The van der Waals surface area contributed by atoms with Gasteiger partial charge in [0.1, 0.15) is 5.82 Å². The van der Waals surface area contributed by atoms with Gasteiger partial charge in [0.25, 0.3) is 0 Å². The van der Waals surface area contributed by atoms with E-state index in [1.165, 1.54) is 0 Å². The summed E-state index contributed by atoms with van der Waals surface area (Å²) in [5, 5.41) is 3.26. The lowest BCUT2D eigenvalue weighted by Gasteiger charge is -2.10. The normalized spacial score (nSPS) is 16.4. The van der Waals surface area contributed by atoms with Crippen molar-refractivity contribution in [1.82, 2.24) is 14.9 Å². The Morgan fingerprint density at radius 1 is 1.47 bits per heavy atom. The van der Waals surface area contributed by atoms with Crippen molar-refractivity contribution in [2.45, 2.75) is 38.3 Å². The van der Waals surface area contributed by atoms with Crippen LogP contribution < -0.4 is 5.32 Å². The average molecular weight is 249 g/mol. The van der Waals surface area contributed by atoms with E-state index in [2.05, 4.69) is 15.0 Å². The fourth-order valence-corrected chi connectivity index (χ4v) is 1.49. The molecular weight excluding hydrogens is 235 g/mol. The van der Waals surface area contributed by atoms with Gasteiger partial charge in [-0.25, -0.2) is 4.98 Å². The van der Waals surface area contributed by atoms with Crippen LogP contribution in [-0.4, -0.2) is 28.6 Å². The molecule has 1 heterocycles. The summed E-state index contributed by atoms with van der Waals surface area (Å²) in [6, 6.07) is 0.548. The number of nitrogens with zero attached hydrogens (tertiary/aromatic N) is 2. The van der Waals surface area contributed by atoms with Crippen LogP contribution in [0.15, 0.2) is 12.4 Å². The fraction of sp³-hybridized carbons (Fsp3) is 0.700. The quantitative estimate of drug-likeness (QED) is 0.833. The summed E-state index contributed by atoms with van der Waals surface area (Å²) in [7, 11) is 0. The maximum absolute atomic E-state index is 11.8. The summed E-state index contributed by atoms with van der Waals surface area (Å²) in [6.45, 7) is 0.348. The van der Waals surface area contributed by atoms with E-state index in [-0.39, 0.29) is 6.54 Å². The Bertz CT molecular complexity index is 360. The molecule has 0 atom stereocenters. The highest BCUT2D eigenvalue weighted by Crippen LogP contribution is 2.19. The van der Waals surface area contributed by atoms with Crippen LogP contribution in [0, 0.1) is 0 Å². The van der Waals surface area contributed by atoms with Crippen molar-refractivity contribution in [1.29, 1.82) is 0 Å². The van der Waals surface area contributed by atoms with Crippen molar-refractivity contribution >= 4 is 0 Å². The number of rotatable bonds is 6. The Hall–Kier alpha value is -1.08. The summed E-state index contributed by atoms with van der Waals surface area (Å²) in [5.41, 5.74) is 0. The molecule has 0 bridgehead atoms. The highest BCUT2D eigenvalue weighted by Gasteiger charge is 2.28. The Balaban J connectivity index is 1.76. The van der Waals surface area contributed by atoms with E-state index in [1.54, 1.807) is 17.0 Å². The Labute approximate surface area is 96.8 Å².